The lowest BCUT2D eigenvalue weighted by Gasteiger charge is -2.11. The van der Waals surface area contributed by atoms with E-state index < -0.39 is 0 Å². The molecule has 0 amide bonds. The molecule has 0 saturated heterocycles. The molecule has 0 N–H and O–H groups in total. The van der Waals surface area contributed by atoms with Crippen molar-refractivity contribution in [2.24, 2.45) is 0 Å². The molecule has 0 fully saturated rings. The molecule has 0 atom stereocenters. The van der Waals surface area contributed by atoms with Gasteiger partial charge < -0.3 is 4.57 Å². The van der Waals surface area contributed by atoms with E-state index in [1.165, 1.54) is 59.4 Å². The summed E-state index contributed by atoms with van der Waals surface area (Å²) >= 11 is 1.94. The quantitative estimate of drug-likeness (QED) is 0.297. The zero-order valence-electron chi connectivity index (χ0n) is 16.3. The highest BCUT2D eigenvalue weighted by Crippen LogP contribution is 2.30. The van der Waals surface area contributed by atoms with E-state index in [9.17, 15) is 0 Å². The van der Waals surface area contributed by atoms with Crippen LogP contribution in [-0.2, 0) is 6.54 Å². The molecule has 1 aromatic heterocycles. The van der Waals surface area contributed by atoms with Gasteiger partial charge in [-0.3, -0.25) is 0 Å². The molecule has 0 aliphatic carbocycles. The van der Waals surface area contributed by atoms with Crippen molar-refractivity contribution in [3.05, 3.63) is 48.0 Å². The first-order valence-electron chi connectivity index (χ1n) is 9.93. The van der Waals surface area contributed by atoms with E-state index in [0.29, 0.717) is 0 Å². The second kappa shape index (κ2) is 9.27. The minimum Gasteiger partial charge on any atom is -0.324 e. The van der Waals surface area contributed by atoms with Crippen LogP contribution in [0.15, 0.2) is 47.4 Å². The predicted octanol–water partition coefficient (Wildman–Crippen LogP) is 7.09. The molecule has 2 nitrogen and oxygen atoms in total. The Morgan fingerprint density at radius 3 is 2.58 bits per heavy atom. The highest BCUT2D eigenvalue weighted by atomic mass is 32.2. The Morgan fingerprint density at radius 2 is 1.81 bits per heavy atom. The largest absolute Gasteiger partial charge is 0.324 e. The van der Waals surface area contributed by atoms with Crippen molar-refractivity contribution in [3.8, 4) is 11.4 Å². The van der Waals surface area contributed by atoms with Gasteiger partial charge in [0, 0.05) is 17.0 Å². The summed E-state index contributed by atoms with van der Waals surface area (Å²) in [4.78, 5) is 6.37. The number of rotatable bonds is 9. The fraction of sp³-hybridized carbons (Fsp3) is 0.435. The molecule has 0 spiro atoms. The summed E-state index contributed by atoms with van der Waals surface area (Å²) in [5.41, 5.74) is 4.93. The van der Waals surface area contributed by atoms with Crippen LogP contribution in [0.5, 0.6) is 0 Å². The normalized spacial score (nSPS) is 11.3. The number of fused-ring (bicyclic) bond motifs is 1. The zero-order valence-corrected chi connectivity index (χ0v) is 17.1. The van der Waals surface area contributed by atoms with Crippen LogP contribution < -0.4 is 0 Å². The highest BCUT2D eigenvalue weighted by molar-refractivity contribution is 7.99. The monoisotopic (exact) mass is 366 g/mol. The summed E-state index contributed by atoms with van der Waals surface area (Å²) in [6.45, 7) is 7.73. The Morgan fingerprint density at radius 1 is 0.962 bits per heavy atom. The highest BCUT2D eigenvalue weighted by Gasteiger charge is 2.14. The van der Waals surface area contributed by atoms with Gasteiger partial charge in [0.05, 0.1) is 11.0 Å². The lowest BCUT2D eigenvalue weighted by Crippen LogP contribution is -2.02. The molecular formula is C23H30N2S. The van der Waals surface area contributed by atoms with E-state index in [1.54, 1.807) is 0 Å². The third-order valence-electron chi connectivity index (χ3n) is 4.81. The van der Waals surface area contributed by atoms with Crippen LogP contribution >= 0.6 is 11.8 Å². The fourth-order valence-electron chi connectivity index (χ4n) is 3.36. The van der Waals surface area contributed by atoms with Crippen LogP contribution in [0, 0.1) is 6.92 Å². The van der Waals surface area contributed by atoms with E-state index in [4.69, 9.17) is 4.98 Å². The summed E-state index contributed by atoms with van der Waals surface area (Å²) in [7, 11) is 0. The number of hydrogen-bond acceptors (Lipinski definition) is 2. The van der Waals surface area contributed by atoms with E-state index in [0.717, 1.165) is 17.9 Å². The fourth-order valence-corrected chi connectivity index (χ4v) is 4.16. The maximum atomic E-state index is 5.02. The minimum atomic E-state index is 1.04. The molecule has 0 aliphatic rings. The van der Waals surface area contributed by atoms with E-state index in [-0.39, 0.29) is 0 Å². The van der Waals surface area contributed by atoms with Crippen molar-refractivity contribution < 1.29 is 0 Å². The number of aryl methyl sites for hydroxylation is 2. The molecule has 3 heteroatoms. The van der Waals surface area contributed by atoms with Crippen LogP contribution in [0.3, 0.4) is 0 Å². The number of unbranched alkanes of at least 4 members (excludes halogenated alkanes) is 3. The molecule has 0 bridgehead atoms. The van der Waals surface area contributed by atoms with Gasteiger partial charge in [0.15, 0.2) is 0 Å². The Balaban J connectivity index is 2.03. The van der Waals surface area contributed by atoms with Crippen molar-refractivity contribution in [1.82, 2.24) is 9.55 Å². The number of aromatic nitrogens is 2. The number of benzene rings is 2. The van der Waals surface area contributed by atoms with Crippen molar-refractivity contribution in [1.29, 1.82) is 0 Å². The summed E-state index contributed by atoms with van der Waals surface area (Å²) in [5.74, 6) is 2.29. The van der Waals surface area contributed by atoms with Gasteiger partial charge in [0.25, 0.3) is 0 Å². The summed E-state index contributed by atoms with van der Waals surface area (Å²) in [6.07, 6.45) is 6.28. The predicted molar refractivity (Wildman–Crippen MR) is 115 cm³/mol. The average molecular weight is 367 g/mol. The first-order valence-corrected chi connectivity index (χ1v) is 10.9. The molecule has 3 aromatic rings. The van der Waals surface area contributed by atoms with E-state index in [1.807, 2.05) is 11.8 Å². The van der Waals surface area contributed by atoms with Gasteiger partial charge in [-0.15, -0.1) is 11.8 Å². The molecule has 3 rings (SSSR count). The van der Waals surface area contributed by atoms with Gasteiger partial charge in [0.2, 0.25) is 0 Å². The maximum absolute atomic E-state index is 5.02. The second-order valence-corrected chi connectivity index (χ2v) is 8.13. The Kier molecular flexibility index (Phi) is 6.79. The molecule has 26 heavy (non-hydrogen) atoms. The van der Waals surface area contributed by atoms with Crippen LogP contribution in [0.2, 0.25) is 0 Å². The third-order valence-corrected chi connectivity index (χ3v) is 6.01. The first-order chi connectivity index (χ1) is 12.7. The van der Waals surface area contributed by atoms with Gasteiger partial charge >= 0.3 is 0 Å². The Bertz CT molecular complexity index is 851. The van der Waals surface area contributed by atoms with Crippen LogP contribution in [0.1, 0.15) is 51.5 Å². The van der Waals surface area contributed by atoms with E-state index >= 15 is 0 Å². The molecular weight excluding hydrogens is 336 g/mol. The molecule has 0 radical (unpaired) electrons. The standard InChI is InChI=1S/C23H30N2S/c1-4-6-7-10-15-25-22-17-19(26-16-5-2)13-14-21(22)24-23(25)20-12-9-8-11-18(20)3/h8-9,11-14,17H,4-7,10,15-16H2,1-3H3. The van der Waals surface area contributed by atoms with Crippen molar-refractivity contribution in [3.63, 3.8) is 0 Å². The lowest BCUT2D eigenvalue weighted by molar-refractivity contribution is 0.594. The summed E-state index contributed by atoms with van der Waals surface area (Å²) < 4.78 is 2.45. The van der Waals surface area contributed by atoms with Crippen LogP contribution in [0.4, 0.5) is 0 Å². The zero-order chi connectivity index (χ0) is 18.4. The first kappa shape index (κ1) is 19.0. The molecule has 138 valence electrons. The minimum absolute atomic E-state index is 1.04. The SMILES string of the molecule is CCCCCCn1c(-c2ccccc2C)nc2ccc(SCCC)cc21. The summed E-state index contributed by atoms with van der Waals surface area (Å²) in [6, 6.07) is 15.4. The summed E-state index contributed by atoms with van der Waals surface area (Å²) in [5, 5.41) is 0. The molecule has 0 unspecified atom stereocenters. The van der Waals surface area contributed by atoms with Crippen molar-refractivity contribution >= 4 is 22.8 Å². The van der Waals surface area contributed by atoms with Gasteiger partial charge in [0.1, 0.15) is 5.82 Å². The smallest absolute Gasteiger partial charge is 0.141 e. The number of imidazole rings is 1. The van der Waals surface area contributed by atoms with Gasteiger partial charge in [-0.05, 0) is 49.3 Å². The maximum Gasteiger partial charge on any atom is 0.141 e. The van der Waals surface area contributed by atoms with Crippen molar-refractivity contribution in [2.75, 3.05) is 5.75 Å². The third kappa shape index (κ3) is 4.32. The topological polar surface area (TPSA) is 17.8 Å². The second-order valence-electron chi connectivity index (χ2n) is 6.96. The van der Waals surface area contributed by atoms with Gasteiger partial charge in [-0.25, -0.2) is 4.98 Å². The number of hydrogen-bond donors (Lipinski definition) is 0. The van der Waals surface area contributed by atoms with Crippen LogP contribution in [-0.4, -0.2) is 15.3 Å². The van der Waals surface area contributed by atoms with Gasteiger partial charge in [-0.2, -0.15) is 0 Å². The Labute approximate surface area is 162 Å². The van der Waals surface area contributed by atoms with E-state index in [2.05, 4.69) is 67.8 Å². The molecule has 1 heterocycles. The van der Waals surface area contributed by atoms with Crippen LogP contribution in [0.25, 0.3) is 22.4 Å². The van der Waals surface area contributed by atoms with Gasteiger partial charge in [-0.1, -0.05) is 57.4 Å². The van der Waals surface area contributed by atoms with Crippen molar-refractivity contribution in [2.45, 2.75) is 64.3 Å². The Hall–Kier alpha value is -1.74. The average Bonchev–Trinajstić information content (AvgIpc) is 3.01. The lowest BCUT2D eigenvalue weighted by atomic mass is 10.1. The molecule has 0 saturated carbocycles. The molecule has 2 aromatic carbocycles. The number of thioether (sulfide) groups is 1. The number of nitrogens with zero attached hydrogens (tertiary/aromatic N) is 2. The molecule has 0 aliphatic heterocycles.